The molecule has 2 N–H and O–H groups in total. The molecule has 0 aromatic rings. The maximum atomic E-state index is 10.2. The van der Waals surface area contributed by atoms with E-state index < -0.39 is 0 Å². The standard InChI is InChI=1S/C40H56O3/c1-29(17-13-19-31(3)21-22-36-33(5)25-34(41)26-37(36,6)7)15-11-12-16-30(2)18-14-20-32(4)23-24-40-38(8,9)27-35(42)28-39(40,10)43-40/h11-24,34-35,41-42H,25-28H2,1-10H3/b12-11-,17-13+,18-14-,22-21-,24-23+,29-15+,30-16-,31-19+,32-20+/t34-,35-,39-,40+/m1/s1. The number of aliphatic hydroxyl groups is 2. The molecule has 1 heterocycles. The molecule has 43 heavy (non-hydrogen) atoms. The smallest absolute Gasteiger partial charge is 0.121 e. The predicted octanol–water partition coefficient (Wildman–Crippen LogP) is 9.76. The van der Waals surface area contributed by atoms with Crippen molar-refractivity contribution in [2.24, 2.45) is 10.8 Å². The third-order valence-electron chi connectivity index (χ3n) is 9.34. The third-order valence-corrected chi connectivity index (χ3v) is 9.34. The van der Waals surface area contributed by atoms with Crippen molar-refractivity contribution < 1.29 is 14.9 Å². The molecule has 234 valence electrons. The van der Waals surface area contributed by atoms with Gasteiger partial charge in [0, 0.05) is 11.8 Å². The molecule has 0 amide bonds. The summed E-state index contributed by atoms with van der Waals surface area (Å²) in [6.07, 6.45) is 32.3. The molecule has 2 fully saturated rings. The molecule has 0 bridgehead atoms. The van der Waals surface area contributed by atoms with Crippen LogP contribution in [0.4, 0.5) is 0 Å². The van der Waals surface area contributed by atoms with Crippen molar-refractivity contribution in [2.75, 3.05) is 0 Å². The largest absolute Gasteiger partial charge is 0.393 e. The second-order valence-corrected chi connectivity index (χ2v) is 14.6. The third kappa shape index (κ3) is 8.91. The molecular formula is C40H56O3. The Labute approximate surface area is 262 Å². The normalized spacial score (nSPS) is 32.3. The van der Waals surface area contributed by atoms with E-state index in [9.17, 15) is 10.2 Å². The van der Waals surface area contributed by atoms with Crippen LogP contribution in [0.15, 0.2) is 119 Å². The van der Waals surface area contributed by atoms with Gasteiger partial charge in [-0.3, -0.25) is 0 Å². The van der Waals surface area contributed by atoms with Crippen molar-refractivity contribution in [3.63, 3.8) is 0 Å². The summed E-state index contributed by atoms with van der Waals surface area (Å²) in [6.45, 7) is 21.5. The zero-order valence-electron chi connectivity index (χ0n) is 28.4. The minimum Gasteiger partial charge on any atom is -0.393 e. The molecule has 1 saturated carbocycles. The van der Waals surface area contributed by atoms with Crippen LogP contribution in [0.25, 0.3) is 0 Å². The van der Waals surface area contributed by atoms with Crippen LogP contribution in [0.1, 0.15) is 94.9 Å². The fraction of sp³-hybridized carbons (Fsp3) is 0.500. The second kappa shape index (κ2) is 13.9. The lowest BCUT2D eigenvalue weighted by atomic mass is 9.63. The first kappa shape index (κ1) is 34.8. The number of fused-ring (bicyclic) bond motifs is 1. The first-order valence-electron chi connectivity index (χ1n) is 15.9. The van der Waals surface area contributed by atoms with E-state index in [4.69, 9.17) is 4.74 Å². The fourth-order valence-electron chi connectivity index (χ4n) is 7.06. The molecule has 3 rings (SSSR count). The van der Waals surface area contributed by atoms with Gasteiger partial charge in [0.05, 0.1) is 12.2 Å². The zero-order chi connectivity index (χ0) is 32.1. The Balaban J connectivity index is 1.50. The number of epoxide rings is 1. The maximum absolute atomic E-state index is 10.2. The van der Waals surface area contributed by atoms with Crippen molar-refractivity contribution in [3.8, 4) is 0 Å². The van der Waals surface area contributed by atoms with E-state index in [-0.39, 0.29) is 34.2 Å². The van der Waals surface area contributed by atoms with Gasteiger partial charge in [0.1, 0.15) is 11.2 Å². The monoisotopic (exact) mass is 584 g/mol. The molecule has 1 saturated heterocycles. The predicted molar refractivity (Wildman–Crippen MR) is 184 cm³/mol. The summed E-state index contributed by atoms with van der Waals surface area (Å²) in [7, 11) is 0. The van der Waals surface area contributed by atoms with Gasteiger partial charge in [-0.05, 0) is 77.9 Å². The highest BCUT2D eigenvalue weighted by Crippen LogP contribution is 2.66. The van der Waals surface area contributed by atoms with E-state index in [2.05, 4.69) is 154 Å². The lowest BCUT2D eigenvalue weighted by molar-refractivity contribution is 0.0515. The van der Waals surface area contributed by atoms with Crippen LogP contribution in [-0.4, -0.2) is 33.6 Å². The van der Waals surface area contributed by atoms with E-state index in [0.717, 1.165) is 19.3 Å². The number of aliphatic hydroxyl groups excluding tert-OH is 2. The Morgan fingerprint density at radius 3 is 1.72 bits per heavy atom. The van der Waals surface area contributed by atoms with Crippen molar-refractivity contribution in [3.05, 3.63) is 119 Å². The highest BCUT2D eigenvalue weighted by Gasteiger charge is 2.74. The second-order valence-electron chi connectivity index (χ2n) is 14.6. The van der Waals surface area contributed by atoms with Crippen LogP contribution >= 0.6 is 0 Å². The molecule has 0 aromatic carbocycles. The fourth-order valence-corrected chi connectivity index (χ4v) is 7.06. The van der Waals surface area contributed by atoms with Crippen molar-refractivity contribution in [2.45, 2.75) is 118 Å². The van der Waals surface area contributed by atoms with Crippen LogP contribution in [0, 0.1) is 10.8 Å². The van der Waals surface area contributed by atoms with Crippen LogP contribution in [0.3, 0.4) is 0 Å². The summed E-state index contributed by atoms with van der Waals surface area (Å²) in [6, 6.07) is 0. The maximum Gasteiger partial charge on any atom is 0.121 e. The van der Waals surface area contributed by atoms with E-state index >= 15 is 0 Å². The minimum atomic E-state index is -0.291. The average molecular weight is 585 g/mol. The highest BCUT2D eigenvalue weighted by atomic mass is 16.6. The number of hydrogen-bond acceptors (Lipinski definition) is 3. The molecule has 3 aliphatic rings. The number of rotatable bonds is 10. The summed E-state index contributed by atoms with van der Waals surface area (Å²) < 4.78 is 6.25. The van der Waals surface area contributed by atoms with Gasteiger partial charge in [0.25, 0.3) is 0 Å². The van der Waals surface area contributed by atoms with Gasteiger partial charge >= 0.3 is 0 Å². The summed E-state index contributed by atoms with van der Waals surface area (Å²) in [5.74, 6) is 0. The Morgan fingerprint density at radius 2 is 1.19 bits per heavy atom. The summed E-state index contributed by atoms with van der Waals surface area (Å²) in [5, 5.41) is 20.4. The van der Waals surface area contributed by atoms with E-state index in [1.165, 1.54) is 33.4 Å². The first-order chi connectivity index (χ1) is 20.0. The molecule has 3 heteroatoms. The van der Waals surface area contributed by atoms with Crippen molar-refractivity contribution >= 4 is 0 Å². The van der Waals surface area contributed by atoms with Gasteiger partial charge in [-0.1, -0.05) is 135 Å². The number of allylic oxidation sites excluding steroid dienone is 18. The Kier molecular flexibility index (Phi) is 11.3. The van der Waals surface area contributed by atoms with Crippen molar-refractivity contribution in [1.82, 2.24) is 0 Å². The summed E-state index contributed by atoms with van der Waals surface area (Å²) in [4.78, 5) is 0. The molecule has 0 radical (unpaired) electrons. The van der Waals surface area contributed by atoms with E-state index in [1.54, 1.807) is 0 Å². The van der Waals surface area contributed by atoms with Crippen LogP contribution in [-0.2, 0) is 4.74 Å². The van der Waals surface area contributed by atoms with E-state index in [1.807, 2.05) is 0 Å². The lowest BCUT2D eigenvalue weighted by Crippen LogP contribution is -2.46. The molecule has 2 aliphatic carbocycles. The van der Waals surface area contributed by atoms with Gasteiger partial charge in [-0.15, -0.1) is 0 Å². The van der Waals surface area contributed by atoms with Gasteiger partial charge in [0.15, 0.2) is 0 Å². The minimum absolute atomic E-state index is 0.00262. The highest BCUT2D eigenvalue weighted by molar-refractivity contribution is 5.39. The summed E-state index contributed by atoms with van der Waals surface area (Å²) in [5.41, 5.74) is 6.71. The molecule has 3 nitrogen and oxygen atoms in total. The van der Waals surface area contributed by atoms with Crippen LogP contribution in [0.2, 0.25) is 0 Å². The molecule has 0 spiro atoms. The van der Waals surface area contributed by atoms with Gasteiger partial charge in [0.2, 0.25) is 0 Å². The zero-order valence-corrected chi connectivity index (χ0v) is 28.4. The quantitative estimate of drug-likeness (QED) is 0.198. The lowest BCUT2D eigenvalue weighted by Gasteiger charge is -2.39. The molecule has 0 unspecified atom stereocenters. The van der Waals surface area contributed by atoms with Gasteiger partial charge in [-0.25, -0.2) is 0 Å². The van der Waals surface area contributed by atoms with E-state index in [0.29, 0.717) is 6.42 Å². The molecule has 1 aliphatic heterocycles. The molecular weight excluding hydrogens is 528 g/mol. The van der Waals surface area contributed by atoms with Crippen LogP contribution in [0.5, 0.6) is 0 Å². The summed E-state index contributed by atoms with van der Waals surface area (Å²) >= 11 is 0. The Bertz CT molecular complexity index is 1330. The van der Waals surface area contributed by atoms with Crippen molar-refractivity contribution in [1.29, 1.82) is 0 Å². The average Bonchev–Trinajstić information content (AvgIpc) is 3.49. The topological polar surface area (TPSA) is 53.0 Å². The number of hydrogen-bond donors (Lipinski definition) is 2. The number of ether oxygens (including phenoxy) is 1. The Hall–Kier alpha value is -2.72. The Morgan fingerprint density at radius 1 is 0.674 bits per heavy atom. The first-order valence-corrected chi connectivity index (χ1v) is 15.9. The van der Waals surface area contributed by atoms with Crippen LogP contribution < -0.4 is 0 Å². The molecule has 4 atom stereocenters. The SMILES string of the molecule is CC1=C(\C=C/C(C)=C/C=C/C(C)=C/C=C\C=C(C)/C=C\C=C(C)\C=C\[C@@]23O[C@]2(C)C[C@H](O)CC3(C)C)C(C)(C)C[C@H](O)C1. The molecule has 0 aromatic heterocycles. The van der Waals surface area contributed by atoms with Gasteiger partial charge < -0.3 is 14.9 Å². The van der Waals surface area contributed by atoms with Gasteiger partial charge in [-0.2, -0.15) is 0 Å².